The highest BCUT2D eigenvalue weighted by molar-refractivity contribution is 7.99. The van der Waals surface area contributed by atoms with E-state index in [9.17, 15) is 4.79 Å². The number of thioether (sulfide) groups is 1. The summed E-state index contributed by atoms with van der Waals surface area (Å²) >= 11 is 1.37. The minimum Gasteiger partial charge on any atom is -0.351 e. The van der Waals surface area contributed by atoms with E-state index in [1.165, 1.54) is 11.8 Å². The van der Waals surface area contributed by atoms with Crippen LogP contribution in [-0.2, 0) is 11.3 Å². The highest BCUT2D eigenvalue weighted by atomic mass is 32.2. The van der Waals surface area contributed by atoms with E-state index in [1.54, 1.807) is 12.4 Å². The number of rotatable bonds is 7. The summed E-state index contributed by atoms with van der Waals surface area (Å²) in [6, 6.07) is 23.6. The fraction of sp³-hybridized carbons (Fsp3) is 0.0909. The minimum absolute atomic E-state index is 0.0596. The number of carbonyl (C=O) groups excluding carboxylic acids is 1. The Morgan fingerprint density at radius 3 is 2.31 bits per heavy atom. The van der Waals surface area contributed by atoms with E-state index in [1.807, 2.05) is 77.4 Å². The van der Waals surface area contributed by atoms with Crippen molar-refractivity contribution in [1.29, 1.82) is 0 Å². The molecule has 2 aromatic heterocycles. The molecule has 0 aliphatic rings. The van der Waals surface area contributed by atoms with E-state index >= 15 is 0 Å². The predicted octanol–water partition coefficient (Wildman–Crippen LogP) is 3.74. The van der Waals surface area contributed by atoms with Crippen LogP contribution in [-0.4, -0.2) is 31.4 Å². The first-order chi connectivity index (χ1) is 14.3. The van der Waals surface area contributed by atoms with Crippen molar-refractivity contribution >= 4 is 17.7 Å². The van der Waals surface area contributed by atoms with Gasteiger partial charge in [0, 0.05) is 30.2 Å². The molecule has 2 heterocycles. The van der Waals surface area contributed by atoms with Crippen LogP contribution in [0.4, 0.5) is 0 Å². The van der Waals surface area contributed by atoms with E-state index in [2.05, 4.69) is 20.5 Å². The van der Waals surface area contributed by atoms with Gasteiger partial charge in [-0.15, -0.1) is 10.2 Å². The van der Waals surface area contributed by atoms with Gasteiger partial charge < -0.3 is 5.32 Å². The lowest BCUT2D eigenvalue weighted by molar-refractivity contribution is -0.118. The summed E-state index contributed by atoms with van der Waals surface area (Å²) in [5, 5.41) is 12.3. The minimum atomic E-state index is -0.0596. The lowest BCUT2D eigenvalue weighted by atomic mass is 10.2. The standard InChI is InChI=1S/C22H19N5OS/c28-20(24-15-17-11-13-23-14-12-17)16-29-22-26-25-21(18-7-3-1-4-8-18)27(22)19-9-5-2-6-10-19/h1-14H,15-16H2,(H,24,28). The van der Waals surface area contributed by atoms with Crippen LogP contribution in [0.2, 0.25) is 0 Å². The fourth-order valence-corrected chi connectivity index (χ4v) is 3.61. The van der Waals surface area contributed by atoms with Gasteiger partial charge in [0.05, 0.1) is 5.75 Å². The van der Waals surface area contributed by atoms with Crippen LogP contribution in [0.25, 0.3) is 17.1 Å². The molecule has 0 radical (unpaired) electrons. The van der Waals surface area contributed by atoms with Crippen LogP contribution in [0.3, 0.4) is 0 Å². The third kappa shape index (κ3) is 4.70. The Morgan fingerprint density at radius 1 is 0.897 bits per heavy atom. The van der Waals surface area contributed by atoms with Crippen LogP contribution >= 0.6 is 11.8 Å². The first-order valence-electron chi connectivity index (χ1n) is 9.16. The Kier molecular flexibility index (Phi) is 5.97. The van der Waals surface area contributed by atoms with E-state index in [0.717, 1.165) is 22.6 Å². The van der Waals surface area contributed by atoms with Gasteiger partial charge in [0.2, 0.25) is 5.91 Å². The third-order valence-corrected chi connectivity index (χ3v) is 5.18. The van der Waals surface area contributed by atoms with Gasteiger partial charge >= 0.3 is 0 Å². The van der Waals surface area contributed by atoms with Crippen LogP contribution in [0.5, 0.6) is 0 Å². The maximum atomic E-state index is 12.3. The summed E-state index contributed by atoms with van der Waals surface area (Å²) in [4.78, 5) is 16.3. The van der Waals surface area contributed by atoms with Crippen molar-refractivity contribution in [3.8, 4) is 17.1 Å². The quantitative estimate of drug-likeness (QED) is 0.478. The molecule has 6 nitrogen and oxygen atoms in total. The molecule has 144 valence electrons. The second-order valence-electron chi connectivity index (χ2n) is 6.26. The molecule has 4 rings (SSSR count). The average molecular weight is 401 g/mol. The summed E-state index contributed by atoms with van der Waals surface area (Å²) < 4.78 is 1.98. The van der Waals surface area contributed by atoms with Gasteiger partial charge in [0.1, 0.15) is 0 Å². The molecule has 0 unspecified atom stereocenters. The summed E-state index contributed by atoms with van der Waals surface area (Å²) in [6.07, 6.45) is 3.42. The molecular formula is C22H19N5OS. The summed E-state index contributed by atoms with van der Waals surface area (Å²) in [7, 11) is 0. The second kappa shape index (κ2) is 9.16. The summed E-state index contributed by atoms with van der Waals surface area (Å²) in [5.41, 5.74) is 2.94. The number of amides is 1. The molecule has 4 aromatic rings. The van der Waals surface area contributed by atoms with Crippen molar-refractivity contribution in [3.05, 3.63) is 90.8 Å². The first-order valence-corrected chi connectivity index (χ1v) is 10.1. The van der Waals surface area contributed by atoms with Crippen molar-refractivity contribution in [2.75, 3.05) is 5.75 Å². The topological polar surface area (TPSA) is 72.7 Å². The molecule has 1 N–H and O–H groups in total. The number of hydrogen-bond donors (Lipinski definition) is 1. The lowest BCUT2D eigenvalue weighted by Gasteiger charge is -2.10. The Morgan fingerprint density at radius 2 is 1.59 bits per heavy atom. The number of carbonyl (C=O) groups is 1. The van der Waals surface area contributed by atoms with Crippen molar-refractivity contribution in [2.24, 2.45) is 0 Å². The molecule has 7 heteroatoms. The maximum Gasteiger partial charge on any atom is 0.230 e. The predicted molar refractivity (Wildman–Crippen MR) is 114 cm³/mol. The number of pyridine rings is 1. The van der Waals surface area contributed by atoms with Crippen molar-refractivity contribution < 1.29 is 4.79 Å². The Bertz CT molecular complexity index is 1070. The van der Waals surface area contributed by atoms with Crippen molar-refractivity contribution in [1.82, 2.24) is 25.1 Å². The number of aromatic nitrogens is 4. The molecule has 0 atom stereocenters. The van der Waals surface area contributed by atoms with Gasteiger partial charge in [-0.1, -0.05) is 60.3 Å². The van der Waals surface area contributed by atoms with Gasteiger partial charge in [-0.3, -0.25) is 14.3 Å². The Labute approximate surface area is 173 Å². The largest absolute Gasteiger partial charge is 0.351 e. The zero-order valence-electron chi connectivity index (χ0n) is 15.6. The highest BCUT2D eigenvalue weighted by Crippen LogP contribution is 2.27. The Hall–Kier alpha value is -3.45. The second-order valence-corrected chi connectivity index (χ2v) is 7.21. The summed E-state index contributed by atoms with van der Waals surface area (Å²) in [6.45, 7) is 0.475. The van der Waals surface area contributed by atoms with E-state index in [4.69, 9.17) is 0 Å². The molecule has 0 saturated heterocycles. The molecule has 29 heavy (non-hydrogen) atoms. The molecule has 0 aliphatic heterocycles. The lowest BCUT2D eigenvalue weighted by Crippen LogP contribution is -2.24. The normalized spacial score (nSPS) is 10.6. The monoisotopic (exact) mass is 401 g/mol. The number of nitrogens with one attached hydrogen (secondary N) is 1. The highest BCUT2D eigenvalue weighted by Gasteiger charge is 2.17. The number of para-hydroxylation sites is 1. The van der Waals surface area contributed by atoms with Crippen molar-refractivity contribution in [2.45, 2.75) is 11.7 Å². The van der Waals surface area contributed by atoms with Crippen molar-refractivity contribution in [3.63, 3.8) is 0 Å². The molecule has 2 aromatic carbocycles. The SMILES string of the molecule is O=C(CSc1nnc(-c2ccccc2)n1-c1ccccc1)NCc1ccncc1. The summed E-state index contributed by atoms with van der Waals surface area (Å²) in [5.74, 6) is 0.942. The molecular weight excluding hydrogens is 382 g/mol. The first kappa shape index (κ1) is 18.9. The van der Waals surface area contributed by atoms with E-state index in [-0.39, 0.29) is 11.7 Å². The number of nitrogens with zero attached hydrogens (tertiary/aromatic N) is 4. The number of benzene rings is 2. The van der Waals surface area contributed by atoms with Crippen LogP contribution in [0.15, 0.2) is 90.3 Å². The van der Waals surface area contributed by atoms with Crippen LogP contribution in [0, 0.1) is 0 Å². The van der Waals surface area contributed by atoms with Gasteiger partial charge in [-0.05, 0) is 29.8 Å². The number of hydrogen-bond acceptors (Lipinski definition) is 5. The van der Waals surface area contributed by atoms with Gasteiger partial charge in [-0.25, -0.2) is 0 Å². The van der Waals surface area contributed by atoms with Gasteiger partial charge in [0.15, 0.2) is 11.0 Å². The van der Waals surface area contributed by atoms with E-state index in [0.29, 0.717) is 11.7 Å². The maximum absolute atomic E-state index is 12.3. The molecule has 0 aliphatic carbocycles. The zero-order chi connectivity index (χ0) is 19.9. The van der Waals surface area contributed by atoms with Gasteiger partial charge in [-0.2, -0.15) is 0 Å². The smallest absolute Gasteiger partial charge is 0.230 e. The molecule has 1 amide bonds. The average Bonchev–Trinajstić information content (AvgIpc) is 3.22. The van der Waals surface area contributed by atoms with Gasteiger partial charge in [0.25, 0.3) is 0 Å². The third-order valence-electron chi connectivity index (χ3n) is 4.25. The molecule has 0 spiro atoms. The van der Waals surface area contributed by atoms with Crippen LogP contribution in [0.1, 0.15) is 5.56 Å². The molecule has 0 saturated carbocycles. The van der Waals surface area contributed by atoms with Crippen LogP contribution < -0.4 is 5.32 Å². The zero-order valence-corrected chi connectivity index (χ0v) is 16.4. The Balaban J connectivity index is 1.51. The fourth-order valence-electron chi connectivity index (χ4n) is 2.83. The molecule has 0 bridgehead atoms. The molecule has 0 fully saturated rings. The van der Waals surface area contributed by atoms with E-state index < -0.39 is 0 Å².